The molecule has 0 radical (unpaired) electrons. The van der Waals surface area contributed by atoms with E-state index in [4.69, 9.17) is 5.73 Å². The van der Waals surface area contributed by atoms with Crippen LogP contribution < -0.4 is 11.1 Å². The largest absolute Gasteiger partial charge is 0.416 e. The van der Waals surface area contributed by atoms with Gasteiger partial charge in [0, 0.05) is 42.1 Å². The molecule has 11 heteroatoms. The number of urea groups is 1. The maximum atomic E-state index is 13.0. The van der Waals surface area contributed by atoms with Gasteiger partial charge in [-0.15, -0.1) is 0 Å². The molecule has 39 heavy (non-hydrogen) atoms. The standard InChI is InChI=1S/C28H28F3N5O2S/c1-17-3-4-19(25(37)15-22-14-20(11-12-33-22)28(29,30)31)13-18(17)5-10-24-16-34-26(39-24)35-27(38)36(2)23-8-6-21(32)7-9-23/h3-4,11-14,16,21,23H,6-9,15,32H2,1-2H3,(H,34,35,38). The third-order valence-electron chi connectivity index (χ3n) is 6.69. The number of aromatic nitrogens is 2. The minimum atomic E-state index is -4.51. The summed E-state index contributed by atoms with van der Waals surface area (Å²) in [6.45, 7) is 1.85. The van der Waals surface area contributed by atoms with Gasteiger partial charge >= 0.3 is 12.2 Å². The maximum Gasteiger partial charge on any atom is 0.416 e. The summed E-state index contributed by atoms with van der Waals surface area (Å²) in [6, 6.07) is 6.84. The zero-order valence-corrected chi connectivity index (χ0v) is 22.3. The Labute approximate surface area is 228 Å². The first-order valence-corrected chi connectivity index (χ1v) is 13.2. The van der Waals surface area contributed by atoms with Gasteiger partial charge in [-0.2, -0.15) is 13.2 Å². The molecule has 4 rings (SSSR count). The van der Waals surface area contributed by atoms with Crippen LogP contribution in [-0.2, 0) is 12.6 Å². The number of ketones is 1. The predicted molar refractivity (Wildman–Crippen MR) is 144 cm³/mol. The van der Waals surface area contributed by atoms with Gasteiger partial charge in [0.15, 0.2) is 10.9 Å². The molecule has 2 amide bonds. The van der Waals surface area contributed by atoms with E-state index in [0.29, 0.717) is 21.1 Å². The molecule has 0 saturated heterocycles. The second-order valence-electron chi connectivity index (χ2n) is 9.55. The van der Waals surface area contributed by atoms with Crippen LogP contribution in [0.5, 0.6) is 0 Å². The van der Waals surface area contributed by atoms with Crippen LogP contribution in [0.3, 0.4) is 0 Å². The Morgan fingerprint density at radius 3 is 2.59 bits per heavy atom. The second-order valence-corrected chi connectivity index (χ2v) is 10.6. The van der Waals surface area contributed by atoms with Crippen molar-refractivity contribution in [3.8, 4) is 11.8 Å². The Bertz CT molecular complexity index is 1420. The van der Waals surface area contributed by atoms with E-state index < -0.39 is 11.7 Å². The highest BCUT2D eigenvalue weighted by Crippen LogP contribution is 2.29. The number of alkyl halides is 3. The van der Waals surface area contributed by atoms with Crippen molar-refractivity contribution >= 4 is 28.3 Å². The molecule has 0 aliphatic heterocycles. The monoisotopic (exact) mass is 555 g/mol. The van der Waals surface area contributed by atoms with Crippen LogP contribution in [0.4, 0.5) is 23.1 Å². The predicted octanol–water partition coefficient (Wildman–Crippen LogP) is 5.42. The number of carbonyl (C=O) groups excluding carboxylic acids is 2. The summed E-state index contributed by atoms with van der Waals surface area (Å²) in [7, 11) is 1.77. The highest BCUT2D eigenvalue weighted by Gasteiger charge is 2.31. The van der Waals surface area contributed by atoms with Crippen LogP contribution in [0.1, 0.15) is 63.3 Å². The minimum Gasteiger partial charge on any atom is -0.328 e. The molecule has 2 aromatic heterocycles. The van der Waals surface area contributed by atoms with E-state index >= 15 is 0 Å². The Hall–Kier alpha value is -3.75. The number of halogens is 3. The Kier molecular flexibility index (Phi) is 8.67. The summed E-state index contributed by atoms with van der Waals surface area (Å²) < 4.78 is 38.9. The van der Waals surface area contributed by atoms with Gasteiger partial charge < -0.3 is 10.6 Å². The van der Waals surface area contributed by atoms with Crippen LogP contribution in [0, 0.1) is 18.8 Å². The van der Waals surface area contributed by atoms with Gasteiger partial charge in [0.1, 0.15) is 0 Å². The van der Waals surface area contributed by atoms with Crippen molar-refractivity contribution in [1.82, 2.24) is 14.9 Å². The molecule has 0 unspecified atom stereocenters. The Morgan fingerprint density at radius 1 is 1.13 bits per heavy atom. The molecular formula is C28H28F3N5O2S. The lowest BCUT2D eigenvalue weighted by atomic mass is 9.91. The number of nitrogens with one attached hydrogen (secondary N) is 1. The smallest absolute Gasteiger partial charge is 0.328 e. The summed E-state index contributed by atoms with van der Waals surface area (Å²) >= 11 is 1.24. The van der Waals surface area contributed by atoms with Crippen molar-refractivity contribution in [3.63, 3.8) is 0 Å². The Morgan fingerprint density at radius 2 is 1.87 bits per heavy atom. The summed E-state index contributed by atoms with van der Waals surface area (Å²) in [6.07, 6.45) is 1.38. The lowest BCUT2D eigenvalue weighted by molar-refractivity contribution is -0.137. The number of aryl methyl sites for hydroxylation is 1. The summed E-state index contributed by atoms with van der Waals surface area (Å²) in [5.74, 6) is 5.68. The molecule has 7 nitrogen and oxygen atoms in total. The van der Waals surface area contributed by atoms with E-state index in [1.165, 1.54) is 11.3 Å². The van der Waals surface area contributed by atoms with Crippen LogP contribution in [-0.4, -0.2) is 45.8 Å². The molecule has 1 aliphatic carbocycles. The topological polar surface area (TPSA) is 101 Å². The van der Waals surface area contributed by atoms with Gasteiger partial charge in [-0.1, -0.05) is 29.4 Å². The molecular weight excluding hydrogens is 527 g/mol. The molecule has 3 aromatic rings. The summed E-state index contributed by atoms with van der Waals surface area (Å²) in [5, 5.41) is 3.24. The summed E-state index contributed by atoms with van der Waals surface area (Å²) in [5.41, 5.74) is 6.92. The molecule has 1 fully saturated rings. The molecule has 1 aliphatic rings. The molecule has 0 bridgehead atoms. The number of hydrogen-bond acceptors (Lipinski definition) is 6. The van der Waals surface area contributed by atoms with Gasteiger partial charge in [-0.05, 0) is 62.3 Å². The van der Waals surface area contributed by atoms with Gasteiger partial charge in [-0.3, -0.25) is 15.1 Å². The van der Waals surface area contributed by atoms with Crippen molar-refractivity contribution in [1.29, 1.82) is 0 Å². The molecule has 204 valence electrons. The van der Waals surface area contributed by atoms with E-state index in [-0.39, 0.29) is 36.0 Å². The first-order valence-electron chi connectivity index (χ1n) is 12.4. The number of hydrogen-bond donors (Lipinski definition) is 2. The number of Topliss-reactive ketones (excluding diaryl/α,β-unsaturated/α-hetero) is 1. The van der Waals surface area contributed by atoms with Crippen molar-refractivity contribution in [2.45, 2.75) is 57.3 Å². The van der Waals surface area contributed by atoms with E-state index in [1.807, 2.05) is 6.92 Å². The fourth-order valence-electron chi connectivity index (χ4n) is 4.30. The quantitative estimate of drug-likeness (QED) is 0.323. The van der Waals surface area contributed by atoms with Crippen LogP contribution >= 0.6 is 11.3 Å². The fourth-order valence-corrected chi connectivity index (χ4v) is 4.96. The minimum absolute atomic E-state index is 0.0416. The van der Waals surface area contributed by atoms with E-state index in [0.717, 1.165) is 49.6 Å². The second kappa shape index (κ2) is 12.0. The summed E-state index contributed by atoms with van der Waals surface area (Å²) in [4.78, 5) is 35.9. The lowest BCUT2D eigenvalue weighted by Gasteiger charge is -2.33. The number of rotatable bonds is 5. The molecule has 2 heterocycles. The fraction of sp³-hybridized carbons (Fsp3) is 0.357. The highest BCUT2D eigenvalue weighted by atomic mass is 32.1. The first-order chi connectivity index (χ1) is 18.5. The third kappa shape index (κ3) is 7.43. The number of benzene rings is 1. The van der Waals surface area contributed by atoms with Crippen LogP contribution in [0.25, 0.3) is 0 Å². The number of anilines is 1. The molecule has 0 spiro atoms. The van der Waals surface area contributed by atoms with Crippen molar-refractivity contribution < 1.29 is 22.8 Å². The molecule has 3 N–H and O–H groups in total. The van der Waals surface area contributed by atoms with Gasteiger partial charge in [0.25, 0.3) is 0 Å². The molecule has 1 aromatic carbocycles. The van der Waals surface area contributed by atoms with E-state index in [1.54, 1.807) is 36.3 Å². The molecule has 1 saturated carbocycles. The lowest BCUT2D eigenvalue weighted by Crippen LogP contribution is -2.43. The van der Waals surface area contributed by atoms with E-state index in [9.17, 15) is 22.8 Å². The Balaban J connectivity index is 1.41. The number of amides is 2. The van der Waals surface area contributed by atoms with Gasteiger partial charge in [0.2, 0.25) is 0 Å². The zero-order valence-electron chi connectivity index (χ0n) is 21.5. The van der Waals surface area contributed by atoms with Crippen molar-refractivity contribution in [2.24, 2.45) is 5.73 Å². The average Bonchev–Trinajstić information content (AvgIpc) is 3.35. The third-order valence-corrected chi connectivity index (χ3v) is 7.52. The van der Waals surface area contributed by atoms with Gasteiger partial charge in [0.05, 0.1) is 23.1 Å². The number of carbonyl (C=O) groups is 2. The average molecular weight is 556 g/mol. The normalized spacial score (nSPS) is 17.2. The zero-order chi connectivity index (χ0) is 28.2. The van der Waals surface area contributed by atoms with Crippen molar-refractivity contribution in [3.05, 3.63) is 75.6 Å². The number of nitrogens with zero attached hydrogens (tertiary/aromatic N) is 3. The maximum absolute atomic E-state index is 13.0. The SMILES string of the molecule is Cc1ccc(C(=O)Cc2cc(C(F)(F)F)ccn2)cc1C#Cc1cnc(NC(=O)N(C)C2CCC(N)CC2)s1. The van der Waals surface area contributed by atoms with Crippen molar-refractivity contribution in [2.75, 3.05) is 12.4 Å². The molecule has 0 atom stereocenters. The van der Waals surface area contributed by atoms with Crippen LogP contribution in [0.2, 0.25) is 0 Å². The number of nitrogens with two attached hydrogens (primary N) is 1. The first kappa shape index (κ1) is 28.3. The van der Waals surface area contributed by atoms with E-state index in [2.05, 4.69) is 27.1 Å². The number of pyridine rings is 1. The van der Waals surface area contributed by atoms with Gasteiger partial charge in [-0.25, -0.2) is 9.78 Å². The number of thiazole rings is 1. The van der Waals surface area contributed by atoms with Crippen LogP contribution in [0.15, 0.2) is 42.7 Å². The highest BCUT2D eigenvalue weighted by molar-refractivity contribution is 7.16.